The van der Waals surface area contributed by atoms with E-state index in [9.17, 15) is 4.79 Å². The fourth-order valence-electron chi connectivity index (χ4n) is 4.04. The molecule has 2 heterocycles. The molecular formula is C21H26N4O. The van der Waals surface area contributed by atoms with Gasteiger partial charge < -0.3 is 4.90 Å². The number of aromatic nitrogens is 2. The second-order valence-corrected chi connectivity index (χ2v) is 7.62. The first-order valence-corrected chi connectivity index (χ1v) is 9.52. The number of rotatable bonds is 3. The topological polar surface area (TPSA) is 49.3 Å². The number of ketones is 1. The lowest BCUT2D eigenvalue weighted by Crippen LogP contribution is -2.46. The SMILES string of the molecule is Cc1nc(N2CCN(Cc3ccccc3)CC2)nc2c1C(=O)C[C@H](C)C2. The van der Waals surface area contributed by atoms with Crippen molar-refractivity contribution in [2.24, 2.45) is 5.92 Å². The predicted molar refractivity (Wildman–Crippen MR) is 103 cm³/mol. The Labute approximate surface area is 155 Å². The summed E-state index contributed by atoms with van der Waals surface area (Å²) >= 11 is 0. The zero-order valence-electron chi connectivity index (χ0n) is 15.6. The van der Waals surface area contributed by atoms with Crippen LogP contribution >= 0.6 is 0 Å². The molecule has 1 aromatic heterocycles. The molecule has 1 saturated heterocycles. The first kappa shape index (κ1) is 17.2. The van der Waals surface area contributed by atoms with E-state index in [1.807, 2.05) is 6.92 Å². The van der Waals surface area contributed by atoms with Gasteiger partial charge in [-0.1, -0.05) is 37.3 Å². The van der Waals surface area contributed by atoms with Gasteiger partial charge >= 0.3 is 0 Å². The molecule has 4 rings (SSSR count). The van der Waals surface area contributed by atoms with Gasteiger partial charge in [0.2, 0.25) is 5.95 Å². The molecule has 0 unspecified atom stereocenters. The van der Waals surface area contributed by atoms with Crippen LogP contribution in [0, 0.1) is 12.8 Å². The number of hydrogen-bond acceptors (Lipinski definition) is 5. The molecule has 0 radical (unpaired) electrons. The molecule has 0 N–H and O–H groups in total. The molecule has 2 aliphatic rings. The molecule has 1 atom stereocenters. The molecule has 136 valence electrons. The van der Waals surface area contributed by atoms with Crippen LogP contribution in [-0.4, -0.2) is 46.8 Å². The Morgan fingerprint density at radius 1 is 1.04 bits per heavy atom. The van der Waals surface area contributed by atoms with E-state index >= 15 is 0 Å². The number of carbonyl (C=O) groups is 1. The third kappa shape index (κ3) is 3.49. The van der Waals surface area contributed by atoms with Gasteiger partial charge in [-0.15, -0.1) is 0 Å². The first-order chi connectivity index (χ1) is 12.6. The van der Waals surface area contributed by atoms with E-state index in [1.54, 1.807) is 0 Å². The predicted octanol–water partition coefficient (Wildman–Crippen LogP) is 2.87. The van der Waals surface area contributed by atoms with Crippen molar-refractivity contribution in [2.45, 2.75) is 33.2 Å². The van der Waals surface area contributed by atoms with Gasteiger partial charge in [-0.2, -0.15) is 0 Å². The largest absolute Gasteiger partial charge is 0.338 e. The molecule has 0 saturated carbocycles. The van der Waals surface area contributed by atoms with Gasteiger partial charge in [0.1, 0.15) is 0 Å². The van der Waals surface area contributed by atoms with Crippen molar-refractivity contribution in [1.29, 1.82) is 0 Å². The zero-order valence-corrected chi connectivity index (χ0v) is 15.6. The third-order valence-corrected chi connectivity index (χ3v) is 5.41. The fourth-order valence-corrected chi connectivity index (χ4v) is 4.04. The van der Waals surface area contributed by atoms with E-state index < -0.39 is 0 Å². The number of fused-ring (bicyclic) bond motifs is 1. The molecule has 1 fully saturated rings. The van der Waals surface area contributed by atoms with E-state index in [-0.39, 0.29) is 5.78 Å². The van der Waals surface area contributed by atoms with E-state index in [1.165, 1.54) is 5.56 Å². The highest BCUT2D eigenvalue weighted by Crippen LogP contribution is 2.27. The monoisotopic (exact) mass is 350 g/mol. The van der Waals surface area contributed by atoms with E-state index in [4.69, 9.17) is 4.98 Å². The van der Waals surface area contributed by atoms with Crippen LogP contribution in [-0.2, 0) is 13.0 Å². The molecule has 5 nitrogen and oxygen atoms in total. The summed E-state index contributed by atoms with van der Waals surface area (Å²) in [4.78, 5) is 26.5. The lowest BCUT2D eigenvalue weighted by Gasteiger charge is -2.35. The van der Waals surface area contributed by atoms with E-state index in [2.05, 4.69) is 52.0 Å². The maximum atomic E-state index is 12.3. The fraction of sp³-hybridized carbons (Fsp3) is 0.476. The van der Waals surface area contributed by atoms with Gasteiger partial charge in [0.25, 0.3) is 0 Å². The second kappa shape index (κ2) is 7.16. The minimum Gasteiger partial charge on any atom is -0.338 e. The average molecular weight is 350 g/mol. The van der Waals surface area contributed by atoms with Crippen molar-refractivity contribution in [3.05, 3.63) is 52.8 Å². The molecule has 1 aliphatic heterocycles. The molecule has 0 spiro atoms. The molecule has 2 aromatic rings. The number of anilines is 1. The van der Waals surface area contributed by atoms with Gasteiger partial charge in [-0.25, -0.2) is 9.97 Å². The van der Waals surface area contributed by atoms with Crippen LogP contribution in [0.15, 0.2) is 30.3 Å². The lowest BCUT2D eigenvalue weighted by molar-refractivity contribution is 0.0951. The third-order valence-electron chi connectivity index (χ3n) is 5.41. The van der Waals surface area contributed by atoms with Gasteiger partial charge in [-0.05, 0) is 24.8 Å². The van der Waals surface area contributed by atoms with Crippen molar-refractivity contribution in [3.8, 4) is 0 Å². The van der Waals surface area contributed by atoms with Gasteiger partial charge in [0, 0.05) is 39.1 Å². The average Bonchev–Trinajstić information content (AvgIpc) is 2.62. The summed E-state index contributed by atoms with van der Waals surface area (Å²) in [6.07, 6.45) is 1.50. The number of Topliss-reactive ketones (excluding diaryl/α,β-unsaturated/α-hetero) is 1. The van der Waals surface area contributed by atoms with Crippen molar-refractivity contribution >= 4 is 11.7 Å². The highest BCUT2D eigenvalue weighted by Gasteiger charge is 2.28. The highest BCUT2D eigenvalue weighted by molar-refractivity contribution is 5.99. The minimum atomic E-state index is 0.204. The molecule has 5 heteroatoms. The zero-order chi connectivity index (χ0) is 18.1. The number of nitrogens with zero attached hydrogens (tertiary/aromatic N) is 4. The van der Waals surface area contributed by atoms with Crippen molar-refractivity contribution in [3.63, 3.8) is 0 Å². The number of hydrogen-bond donors (Lipinski definition) is 0. The number of piperazine rings is 1. The Hall–Kier alpha value is -2.27. The summed E-state index contributed by atoms with van der Waals surface area (Å²) in [6.45, 7) is 8.92. The number of carbonyl (C=O) groups excluding carboxylic acids is 1. The van der Waals surface area contributed by atoms with Crippen LogP contribution in [0.2, 0.25) is 0 Å². The second-order valence-electron chi connectivity index (χ2n) is 7.62. The summed E-state index contributed by atoms with van der Waals surface area (Å²) in [5.41, 5.74) is 3.92. The van der Waals surface area contributed by atoms with Crippen LogP contribution in [0.4, 0.5) is 5.95 Å². The minimum absolute atomic E-state index is 0.204. The summed E-state index contributed by atoms with van der Waals surface area (Å²) in [5.74, 6) is 1.37. The maximum Gasteiger partial charge on any atom is 0.225 e. The number of benzene rings is 1. The van der Waals surface area contributed by atoms with Crippen molar-refractivity contribution < 1.29 is 4.79 Å². The summed E-state index contributed by atoms with van der Waals surface area (Å²) in [6, 6.07) is 10.6. The van der Waals surface area contributed by atoms with Gasteiger partial charge in [0.05, 0.1) is 17.0 Å². The van der Waals surface area contributed by atoms with Crippen LogP contribution in [0.3, 0.4) is 0 Å². The highest BCUT2D eigenvalue weighted by atomic mass is 16.1. The number of aryl methyl sites for hydroxylation is 1. The Bertz CT molecular complexity index is 797. The van der Waals surface area contributed by atoms with Gasteiger partial charge in [0.15, 0.2) is 5.78 Å². The van der Waals surface area contributed by atoms with Crippen molar-refractivity contribution in [2.75, 3.05) is 31.1 Å². The smallest absolute Gasteiger partial charge is 0.225 e. The summed E-state index contributed by atoms with van der Waals surface area (Å²) in [5, 5.41) is 0. The standard InChI is InChI=1S/C21H26N4O/c1-15-12-18-20(19(26)13-15)16(2)22-21(23-18)25-10-8-24(9-11-25)14-17-6-4-3-5-7-17/h3-7,15H,8-14H2,1-2H3/t15-/m1/s1. The normalized spacial score (nSPS) is 20.9. The van der Waals surface area contributed by atoms with Crippen molar-refractivity contribution in [1.82, 2.24) is 14.9 Å². The Morgan fingerprint density at radius 2 is 1.77 bits per heavy atom. The van der Waals surface area contributed by atoms with Gasteiger partial charge in [-0.3, -0.25) is 9.69 Å². The molecule has 1 aliphatic carbocycles. The summed E-state index contributed by atoms with van der Waals surface area (Å²) < 4.78 is 0. The quantitative estimate of drug-likeness (QED) is 0.852. The first-order valence-electron chi connectivity index (χ1n) is 9.52. The molecule has 0 amide bonds. The van der Waals surface area contributed by atoms with Crippen LogP contribution in [0.25, 0.3) is 0 Å². The van der Waals surface area contributed by atoms with E-state index in [0.29, 0.717) is 12.3 Å². The molecule has 26 heavy (non-hydrogen) atoms. The molecule has 1 aromatic carbocycles. The Kier molecular flexibility index (Phi) is 4.72. The van der Waals surface area contributed by atoms with Crippen LogP contribution in [0.5, 0.6) is 0 Å². The van der Waals surface area contributed by atoms with Crippen LogP contribution < -0.4 is 4.90 Å². The maximum absolute atomic E-state index is 12.3. The molecule has 0 bridgehead atoms. The summed E-state index contributed by atoms with van der Waals surface area (Å²) in [7, 11) is 0. The Morgan fingerprint density at radius 3 is 2.50 bits per heavy atom. The lowest BCUT2D eigenvalue weighted by atomic mass is 9.86. The van der Waals surface area contributed by atoms with E-state index in [0.717, 1.165) is 62.0 Å². The molecular weight excluding hydrogens is 324 g/mol. The van der Waals surface area contributed by atoms with Crippen LogP contribution in [0.1, 0.15) is 40.7 Å². The Balaban J connectivity index is 1.45.